The van der Waals surface area contributed by atoms with Crippen LogP contribution in [0.15, 0.2) is 18.2 Å². The molecule has 0 aliphatic carbocycles. The summed E-state index contributed by atoms with van der Waals surface area (Å²) in [6, 6.07) is 4.89. The van der Waals surface area contributed by atoms with E-state index >= 15 is 0 Å². The minimum absolute atomic E-state index is 0.0511. The third kappa shape index (κ3) is 4.60. The third-order valence-electron chi connectivity index (χ3n) is 1.81. The van der Waals surface area contributed by atoms with E-state index in [-0.39, 0.29) is 19.0 Å². The number of rotatable bonds is 5. The first-order valence-electron chi connectivity index (χ1n) is 4.73. The molecular weight excluding hydrogens is 265 g/mol. The number of para-hydroxylation sites is 1. The van der Waals surface area contributed by atoms with Crippen LogP contribution in [0.4, 0.5) is 5.69 Å². The van der Waals surface area contributed by atoms with Crippen molar-refractivity contribution < 1.29 is 9.59 Å². The summed E-state index contributed by atoms with van der Waals surface area (Å²) >= 11 is 11.7. The van der Waals surface area contributed by atoms with Crippen molar-refractivity contribution in [3.05, 3.63) is 28.2 Å². The molecule has 7 heteroatoms. The molecule has 0 saturated heterocycles. The number of nitrogens with two attached hydrogens (primary N) is 1. The second kappa shape index (κ2) is 6.44. The van der Waals surface area contributed by atoms with Crippen LogP contribution in [-0.4, -0.2) is 24.9 Å². The van der Waals surface area contributed by atoms with E-state index in [2.05, 4.69) is 10.6 Å². The van der Waals surface area contributed by atoms with E-state index in [0.29, 0.717) is 15.7 Å². The maximum absolute atomic E-state index is 11.5. The molecule has 1 aromatic rings. The fraction of sp³-hybridized carbons (Fsp3) is 0.200. The second-order valence-electron chi connectivity index (χ2n) is 3.21. The molecule has 4 N–H and O–H groups in total. The van der Waals surface area contributed by atoms with Crippen molar-refractivity contribution in [1.29, 1.82) is 0 Å². The Morgan fingerprint density at radius 2 is 1.76 bits per heavy atom. The number of carbonyl (C=O) groups excluding carboxylic acids is 2. The van der Waals surface area contributed by atoms with E-state index in [4.69, 9.17) is 28.9 Å². The van der Waals surface area contributed by atoms with Crippen molar-refractivity contribution in [2.75, 3.05) is 18.4 Å². The molecule has 0 unspecified atom stereocenters. The SMILES string of the molecule is NC(=O)CNCC(=O)Nc1c(Cl)cccc1Cl. The number of hydrogen-bond donors (Lipinski definition) is 3. The Labute approximate surface area is 108 Å². The quantitative estimate of drug-likeness (QED) is 0.750. The summed E-state index contributed by atoms with van der Waals surface area (Å²) in [6.45, 7) is -0.117. The van der Waals surface area contributed by atoms with Gasteiger partial charge in [-0.2, -0.15) is 0 Å². The summed E-state index contributed by atoms with van der Waals surface area (Å²) in [5, 5.41) is 5.80. The van der Waals surface area contributed by atoms with Gasteiger partial charge >= 0.3 is 0 Å². The average Bonchev–Trinajstić information content (AvgIpc) is 2.23. The van der Waals surface area contributed by atoms with Crippen molar-refractivity contribution in [2.24, 2.45) is 5.73 Å². The first-order chi connectivity index (χ1) is 8.00. The van der Waals surface area contributed by atoms with E-state index in [1.807, 2.05) is 0 Å². The Morgan fingerprint density at radius 3 is 2.29 bits per heavy atom. The van der Waals surface area contributed by atoms with Crippen molar-refractivity contribution >= 4 is 40.7 Å². The first kappa shape index (κ1) is 13.8. The van der Waals surface area contributed by atoms with Gasteiger partial charge in [0.1, 0.15) is 0 Å². The number of carbonyl (C=O) groups is 2. The Kier molecular flexibility index (Phi) is 5.21. The Bertz CT molecular complexity index is 417. The van der Waals surface area contributed by atoms with Crippen molar-refractivity contribution in [1.82, 2.24) is 5.32 Å². The predicted molar refractivity (Wildman–Crippen MR) is 67.2 cm³/mol. The highest BCUT2D eigenvalue weighted by molar-refractivity contribution is 6.39. The van der Waals surface area contributed by atoms with Gasteiger partial charge in [-0.3, -0.25) is 14.9 Å². The molecule has 1 aromatic carbocycles. The zero-order chi connectivity index (χ0) is 12.8. The van der Waals surface area contributed by atoms with Crippen LogP contribution < -0.4 is 16.4 Å². The topological polar surface area (TPSA) is 84.2 Å². The number of benzene rings is 1. The number of hydrogen-bond acceptors (Lipinski definition) is 3. The van der Waals surface area contributed by atoms with Crippen LogP contribution in [0.2, 0.25) is 10.0 Å². The summed E-state index contributed by atoms with van der Waals surface area (Å²) in [5.74, 6) is -0.894. The first-order valence-corrected chi connectivity index (χ1v) is 5.49. The molecule has 5 nitrogen and oxygen atoms in total. The Balaban J connectivity index is 2.53. The van der Waals surface area contributed by atoms with E-state index in [9.17, 15) is 9.59 Å². The molecule has 0 aromatic heterocycles. The largest absolute Gasteiger partial charge is 0.369 e. The number of anilines is 1. The van der Waals surface area contributed by atoms with Gasteiger partial charge in [0.05, 0.1) is 28.8 Å². The number of halogens is 2. The fourth-order valence-electron chi connectivity index (χ4n) is 1.10. The van der Waals surface area contributed by atoms with E-state index in [1.54, 1.807) is 18.2 Å². The second-order valence-corrected chi connectivity index (χ2v) is 4.03. The van der Waals surface area contributed by atoms with Crippen LogP contribution in [0.5, 0.6) is 0 Å². The van der Waals surface area contributed by atoms with E-state index in [0.717, 1.165) is 0 Å². The highest BCUT2D eigenvalue weighted by Gasteiger charge is 2.09. The summed E-state index contributed by atoms with van der Waals surface area (Å²) in [5.41, 5.74) is 5.25. The summed E-state index contributed by atoms with van der Waals surface area (Å²) in [7, 11) is 0. The molecular formula is C10H11Cl2N3O2. The average molecular weight is 276 g/mol. The fourth-order valence-corrected chi connectivity index (χ4v) is 1.59. The number of primary amides is 1. The highest BCUT2D eigenvalue weighted by atomic mass is 35.5. The number of nitrogens with one attached hydrogen (secondary N) is 2. The smallest absolute Gasteiger partial charge is 0.238 e. The Hall–Kier alpha value is -1.30. The molecule has 92 valence electrons. The normalized spacial score (nSPS) is 10.0. The van der Waals surface area contributed by atoms with Gasteiger partial charge in [0.15, 0.2) is 0 Å². The molecule has 0 bridgehead atoms. The van der Waals surface area contributed by atoms with Gasteiger partial charge in [0, 0.05) is 0 Å². The number of amides is 2. The third-order valence-corrected chi connectivity index (χ3v) is 2.44. The van der Waals surface area contributed by atoms with E-state index < -0.39 is 5.91 Å². The zero-order valence-electron chi connectivity index (χ0n) is 8.80. The molecule has 0 spiro atoms. The lowest BCUT2D eigenvalue weighted by Gasteiger charge is -2.09. The molecule has 17 heavy (non-hydrogen) atoms. The maximum atomic E-state index is 11.5. The summed E-state index contributed by atoms with van der Waals surface area (Å²) in [6.07, 6.45) is 0. The molecule has 0 radical (unpaired) electrons. The van der Waals surface area contributed by atoms with Crippen LogP contribution in [0.1, 0.15) is 0 Å². The zero-order valence-corrected chi connectivity index (χ0v) is 10.3. The van der Waals surface area contributed by atoms with Gasteiger partial charge in [0.25, 0.3) is 0 Å². The van der Waals surface area contributed by atoms with Gasteiger partial charge in [-0.25, -0.2) is 0 Å². The standard InChI is InChI=1S/C10H11Cl2N3O2/c11-6-2-1-3-7(12)10(6)15-9(17)5-14-4-8(13)16/h1-3,14H,4-5H2,(H2,13,16)(H,15,17). The molecule has 2 amide bonds. The molecule has 0 aliphatic rings. The minimum atomic E-state index is -0.534. The van der Waals surface area contributed by atoms with Gasteiger partial charge < -0.3 is 11.1 Å². The lowest BCUT2D eigenvalue weighted by molar-refractivity contribution is -0.117. The molecule has 0 fully saturated rings. The minimum Gasteiger partial charge on any atom is -0.369 e. The predicted octanol–water partition coefficient (Wildman–Crippen LogP) is 1.01. The van der Waals surface area contributed by atoms with Crippen LogP contribution in [0.25, 0.3) is 0 Å². The molecule has 1 rings (SSSR count). The van der Waals surface area contributed by atoms with Crippen molar-refractivity contribution in [3.63, 3.8) is 0 Å². The molecule has 0 saturated carbocycles. The van der Waals surface area contributed by atoms with Gasteiger partial charge in [-0.1, -0.05) is 29.3 Å². The Morgan fingerprint density at radius 1 is 1.18 bits per heavy atom. The molecule has 0 aliphatic heterocycles. The summed E-state index contributed by atoms with van der Waals surface area (Å²) < 4.78 is 0. The lowest BCUT2D eigenvalue weighted by atomic mass is 10.3. The maximum Gasteiger partial charge on any atom is 0.238 e. The van der Waals surface area contributed by atoms with Crippen LogP contribution >= 0.6 is 23.2 Å². The molecule has 0 atom stereocenters. The summed E-state index contributed by atoms with van der Waals surface area (Å²) in [4.78, 5) is 21.9. The van der Waals surface area contributed by atoms with Crippen molar-refractivity contribution in [3.8, 4) is 0 Å². The van der Waals surface area contributed by atoms with E-state index in [1.165, 1.54) is 0 Å². The highest BCUT2D eigenvalue weighted by Crippen LogP contribution is 2.29. The van der Waals surface area contributed by atoms with Crippen LogP contribution in [0, 0.1) is 0 Å². The van der Waals surface area contributed by atoms with Gasteiger partial charge in [0.2, 0.25) is 11.8 Å². The van der Waals surface area contributed by atoms with Gasteiger partial charge in [-0.05, 0) is 12.1 Å². The molecule has 0 heterocycles. The van der Waals surface area contributed by atoms with Crippen LogP contribution in [0.3, 0.4) is 0 Å². The lowest BCUT2D eigenvalue weighted by Crippen LogP contribution is -2.34. The van der Waals surface area contributed by atoms with Crippen LogP contribution in [-0.2, 0) is 9.59 Å². The monoisotopic (exact) mass is 275 g/mol. The van der Waals surface area contributed by atoms with Gasteiger partial charge in [-0.15, -0.1) is 0 Å². The van der Waals surface area contributed by atoms with Crippen molar-refractivity contribution in [2.45, 2.75) is 0 Å².